The zero-order chi connectivity index (χ0) is 19.8. The molecule has 0 N–H and O–H groups in total. The molecule has 4 nitrogen and oxygen atoms in total. The Morgan fingerprint density at radius 3 is 2.46 bits per heavy atom. The average molecular weight is 386 g/mol. The highest BCUT2D eigenvalue weighted by Gasteiger charge is 2.35. The summed E-state index contributed by atoms with van der Waals surface area (Å²) in [5, 5.41) is 0. The number of aryl methyl sites for hydroxylation is 1. The Hall–Kier alpha value is -1.84. The molecule has 4 heteroatoms. The van der Waals surface area contributed by atoms with Crippen LogP contribution < -0.4 is 4.74 Å². The van der Waals surface area contributed by atoms with Gasteiger partial charge in [0.1, 0.15) is 11.5 Å². The van der Waals surface area contributed by atoms with E-state index < -0.39 is 0 Å². The van der Waals surface area contributed by atoms with Crippen LogP contribution in [-0.2, 0) is 16.0 Å². The Balaban J connectivity index is 1.32. The van der Waals surface area contributed by atoms with Crippen molar-refractivity contribution in [2.75, 3.05) is 13.7 Å². The van der Waals surface area contributed by atoms with Gasteiger partial charge in [0.05, 0.1) is 7.11 Å². The lowest BCUT2D eigenvalue weighted by Crippen LogP contribution is -2.49. The van der Waals surface area contributed by atoms with Crippen LogP contribution in [0.25, 0.3) is 0 Å². The van der Waals surface area contributed by atoms with Crippen LogP contribution in [0.15, 0.2) is 24.3 Å². The molecule has 0 spiro atoms. The summed E-state index contributed by atoms with van der Waals surface area (Å²) < 4.78 is 5.16. The Labute approximate surface area is 169 Å². The first-order valence-electron chi connectivity index (χ1n) is 11.1. The molecule has 0 radical (unpaired) electrons. The Kier molecular flexibility index (Phi) is 7.93. The Morgan fingerprint density at radius 1 is 0.964 bits per heavy atom. The zero-order valence-electron chi connectivity index (χ0n) is 17.3. The monoisotopic (exact) mass is 385 g/mol. The molecule has 1 aliphatic carbocycles. The molecular weight excluding hydrogens is 350 g/mol. The van der Waals surface area contributed by atoms with Gasteiger partial charge in [0.2, 0.25) is 5.91 Å². The van der Waals surface area contributed by atoms with Crippen molar-refractivity contribution in [1.82, 2.24) is 4.90 Å². The molecule has 2 fully saturated rings. The number of hydrogen-bond acceptors (Lipinski definition) is 3. The highest BCUT2D eigenvalue weighted by atomic mass is 16.5. The van der Waals surface area contributed by atoms with E-state index in [-0.39, 0.29) is 11.7 Å². The SMILES string of the molecule is COc1ccc(CCCC(=O)CCCC(=O)N2CCCC3CCCCC32)cc1. The second-order valence-electron chi connectivity index (χ2n) is 8.44. The van der Waals surface area contributed by atoms with Crippen molar-refractivity contribution in [2.24, 2.45) is 5.92 Å². The summed E-state index contributed by atoms with van der Waals surface area (Å²) in [6, 6.07) is 8.51. The number of ether oxygens (including phenoxy) is 1. The molecule has 0 aromatic heterocycles. The van der Waals surface area contributed by atoms with E-state index in [1.807, 2.05) is 12.1 Å². The lowest BCUT2D eigenvalue weighted by atomic mass is 9.78. The zero-order valence-corrected chi connectivity index (χ0v) is 17.3. The number of Topliss-reactive ketones (excluding diaryl/α,β-unsaturated/α-hetero) is 1. The Bertz CT molecular complexity index is 638. The van der Waals surface area contributed by atoms with E-state index in [4.69, 9.17) is 4.74 Å². The Morgan fingerprint density at radius 2 is 1.68 bits per heavy atom. The van der Waals surface area contributed by atoms with Crippen LogP contribution in [0.4, 0.5) is 0 Å². The molecule has 1 saturated carbocycles. The minimum absolute atomic E-state index is 0.280. The van der Waals surface area contributed by atoms with Crippen molar-refractivity contribution < 1.29 is 14.3 Å². The van der Waals surface area contributed by atoms with E-state index >= 15 is 0 Å². The lowest BCUT2D eigenvalue weighted by molar-refractivity contribution is -0.137. The number of carbonyl (C=O) groups excluding carboxylic acids is 2. The minimum atomic E-state index is 0.280. The van der Waals surface area contributed by atoms with Crippen LogP contribution in [0.1, 0.15) is 76.2 Å². The van der Waals surface area contributed by atoms with Gasteiger partial charge in [-0.05, 0) is 68.6 Å². The highest BCUT2D eigenvalue weighted by Crippen LogP contribution is 2.35. The maximum absolute atomic E-state index is 12.7. The lowest BCUT2D eigenvalue weighted by Gasteiger charge is -2.44. The molecule has 1 heterocycles. The average Bonchev–Trinajstić information content (AvgIpc) is 2.73. The number of ketones is 1. The first-order valence-corrected chi connectivity index (χ1v) is 11.1. The number of nitrogens with zero attached hydrogens (tertiary/aromatic N) is 1. The fourth-order valence-electron chi connectivity index (χ4n) is 4.92. The molecule has 0 bridgehead atoms. The molecular formula is C24H35NO3. The van der Waals surface area contributed by atoms with Crippen LogP contribution in [0, 0.1) is 5.92 Å². The molecule has 1 aromatic rings. The van der Waals surface area contributed by atoms with Crippen LogP contribution >= 0.6 is 0 Å². The molecule has 3 rings (SSSR count). The van der Waals surface area contributed by atoms with Crippen LogP contribution in [0.2, 0.25) is 0 Å². The summed E-state index contributed by atoms with van der Waals surface area (Å²) in [5.74, 6) is 2.15. The van der Waals surface area contributed by atoms with Crippen molar-refractivity contribution in [3.8, 4) is 5.75 Å². The summed E-state index contributed by atoms with van der Waals surface area (Å²) in [7, 11) is 1.66. The third-order valence-electron chi connectivity index (χ3n) is 6.49. The summed E-state index contributed by atoms with van der Waals surface area (Å²) in [6.07, 6.45) is 11.7. The van der Waals surface area contributed by atoms with Crippen LogP contribution in [-0.4, -0.2) is 36.3 Å². The maximum atomic E-state index is 12.7. The first-order chi connectivity index (χ1) is 13.7. The summed E-state index contributed by atoms with van der Waals surface area (Å²) in [5.41, 5.74) is 1.23. The molecule has 154 valence electrons. The minimum Gasteiger partial charge on any atom is -0.497 e. The number of piperidine rings is 1. The third-order valence-corrected chi connectivity index (χ3v) is 6.49. The van der Waals surface area contributed by atoms with Gasteiger partial charge in [-0.15, -0.1) is 0 Å². The van der Waals surface area contributed by atoms with Gasteiger partial charge in [0.25, 0.3) is 0 Å². The van der Waals surface area contributed by atoms with E-state index in [1.165, 1.54) is 37.7 Å². The molecule has 1 saturated heterocycles. The van der Waals surface area contributed by atoms with Crippen molar-refractivity contribution in [3.05, 3.63) is 29.8 Å². The van der Waals surface area contributed by atoms with Gasteiger partial charge in [0.15, 0.2) is 0 Å². The number of likely N-dealkylation sites (tertiary alicyclic amines) is 1. The molecule has 2 atom stereocenters. The summed E-state index contributed by atoms with van der Waals surface area (Å²) >= 11 is 0. The van der Waals surface area contributed by atoms with E-state index in [0.29, 0.717) is 31.7 Å². The first kappa shape index (κ1) is 20.9. The number of carbonyl (C=O) groups is 2. The second kappa shape index (κ2) is 10.6. The predicted octanol–water partition coefficient (Wildman–Crippen LogP) is 4.94. The smallest absolute Gasteiger partial charge is 0.222 e. The predicted molar refractivity (Wildman–Crippen MR) is 111 cm³/mol. The van der Waals surface area contributed by atoms with Gasteiger partial charge in [0, 0.05) is 31.8 Å². The number of fused-ring (bicyclic) bond motifs is 1. The largest absolute Gasteiger partial charge is 0.497 e. The van der Waals surface area contributed by atoms with Gasteiger partial charge in [-0.3, -0.25) is 9.59 Å². The van der Waals surface area contributed by atoms with Crippen LogP contribution in [0.5, 0.6) is 5.75 Å². The number of hydrogen-bond donors (Lipinski definition) is 0. The topological polar surface area (TPSA) is 46.6 Å². The highest BCUT2D eigenvalue weighted by molar-refractivity contribution is 5.80. The van der Waals surface area contributed by atoms with Gasteiger partial charge < -0.3 is 9.64 Å². The second-order valence-corrected chi connectivity index (χ2v) is 8.44. The fourth-order valence-corrected chi connectivity index (χ4v) is 4.92. The molecule has 2 unspecified atom stereocenters. The molecule has 1 amide bonds. The van der Waals surface area contributed by atoms with Crippen molar-refractivity contribution in [2.45, 2.75) is 83.1 Å². The maximum Gasteiger partial charge on any atom is 0.222 e. The number of rotatable bonds is 9. The fraction of sp³-hybridized carbons (Fsp3) is 0.667. The van der Waals surface area contributed by atoms with Gasteiger partial charge in [-0.1, -0.05) is 25.0 Å². The van der Waals surface area contributed by atoms with E-state index in [0.717, 1.165) is 37.5 Å². The molecule has 28 heavy (non-hydrogen) atoms. The standard InChI is InChI=1S/C24H35NO3/c1-28-22-16-14-19(15-17-22)7-4-10-21(26)11-5-13-24(27)25-18-6-9-20-8-2-3-12-23(20)25/h14-17,20,23H,2-13,18H2,1H3. The normalized spacial score (nSPS) is 21.8. The molecule has 2 aliphatic rings. The number of amides is 1. The summed E-state index contributed by atoms with van der Waals surface area (Å²) in [4.78, 5) is 27.0. The number of methoxy groups -OCH3 is 1. The van der Waals surface area contributed by atoms with Gasteiger partial charge in [-0.25, -0.2) is 0 Å². The molecule has 1 aromatic carbocycles. The van der Waals surface area contributed by atoms with Gasteiger partial charge >= 0.3 is 0 Å². The van der Waals surface area contributed by atoms with E-state index in [1.54, 1.807) is 7.11 Å². The van der Waals surface area contributed by atoms with E-state index in [9.17, 15) is 9.59 Å². The van der Waals surface area contributed by atoms with E-state index in [2.05, 4.69) is 17.0 Å². The van der Waals surface area contributed by atoms with Gasteiger partial charge in [-0.2, -0.15) is 0 Å². The number of benzene rings is 1. The van der Waals surface area contributed by atoms with Crippen LogP contribution in [0.3, 0.4) is 0 Å². The van der Waals surface area contributed by atoms with Crippen molar-refractivity contribution in [1.29, 1.82) is 0 Å². The molecule has 1 aliphatic heterocycles. The van der Waals surface area contributed by atoms with Crippen molar-refractivity contribution in [3.63, 3.8) is 0 Å². The quantitative estimate of drug-likeness (QED) is 0.605. The third kappa shape index (κ3) is 5.83. The van der Waals surface area contributed by atoms with Crippen molar-refractivity contribution >= 4 is 11.7 Å². The summed E-state index contributed by atoms with van der Waals surface area (Å²) in [6.45, 7) is 0.926.